The zero-order valence-electron chi connectivity index (χ0n) is 12.3. The average Bonchev–Trinajstić information content (AvgIpc) is 2.34. The lowest BCUT2D eigenvalue weighted by Crippen LogP contribution is -2.46. The number of aliphatic hydroxyl groups excluding tert-OH is 1. The van der Waals surface area contributed by atoms with Crippen LogP contribution in [0.4, 0.5) is 0 Å². The zero-order valence-corrected chi connectivity index (χ0v) is 13.2. The van der Waals surface area contributed by atoms with Crippen molar-refractivity contribution in [2.75, 3.05) is 6.54 Å². The van der Waals surface area contributed by atoms with Crippen molar-refractivity contribution in [3.63, 3.8) is 0 Å². The summed E-state index contributed by atoms with van der Waals surface area (Å²) in [5.41, 5.74) is 0.889. The van der Waals surface area contributed by atoms with Gasteiger partial charge in [-0.25, -0.2) is 8.42 Å². The molecular formula is C15H23NO3S. The Kier molecular flexibility index (Phi) is 5.50. The molecule has 0 aromatic heterocycles. The van der Waals surface area contributed by atoms with Gasteiger partial charge >= 0.3 is 0 Å². The Hall–Kier alpha value is -1.17. The first-order valence-corrected chi connectivity index (χ1v) is 8.11. The molecule has 4 nitrogen and oxygen atoms in total. The summed E-state index contributed by atoms with van der Waals surface area (Å²) in [7, 11) is -3.44. The average molecular weight is 297 g/mol. The van der Waals surface area contributed by atoms with Crippen LogP contribution in [0.25, 0.3) is 0 Å². The first-order chi connectivity index (χ1) is 9.20. The van der Waals surface area contributed by atoms with E-state index in [2.05, 4.69) is 6.58 Å². The quantitative estimate of drug-likeness (QED) is 0.820. The number of benzene rings is 1. The van der Waals surface area contributed by atoms with E-state index in [0.717, 1.165) is 0 Å². The molecule has 0 amide bonds. The number of aliphatic hydroxyl groups is 1. The lowest BCUT2D eigenvalue weighted by molar-refractivity contribution is 0.269. The molecular weight excluding hydrogens is 274 g/mol. The van der Waals surface area contributed by atoms with Gasteiger partial charge in [0.25, 0.3) is 0 Å². The van der Waals surface area contributed by atoms with Crippen LogP contribution in [-0.4, -0.2) is 29.9 Å². The van der Waals surface area contributed by atoms with Crippen LogP contribution in [-0.2, 0) is 22.4 Å². The smallest absolute Gasteiger partial charge is 0.219 e. The van der Waals surface area contributed by atoms with E-state index in [-0.39, 0.29) is 18.9 Å². The van der Waals surface area contributed by atoms with Gasteiger partial charge in [-0.3, -0.25) is 0 Å². The van der Waals surface area contributed by atoms with Gasteiger partial charge in [-0.2, -0.15) is 4.31 Å². The monoisotopic (exact) mass is 297 g/mol. The molecule has 1 rings (SSSR count). The molecule has 0 saturated carbocycles. The van der Waals surface area contributed by atoms with Gasteiger partial charge in [-0.1, -0.05) is 30.3 Å². The fraction of sp³-hybridized carbons (Fsp3) is 0.467. The Morgan fingerprint density at radius 3 is 2.40 bits per heavy atom. The minimum atomic E-state index is -3.44. The Morgan fingerprint density at radius 2 is 1.90 bits per heavy atom. The van der Waals surface area contributed by atoms with E-state index >= 15 is 0 Å². The van der Waals surface area contributed by atoms with Gasteiger partial charge in [0.1, 0.15) is 0 Å². The predicted octanol–water partition coefficient (Wildman–Crippen LogP) is 2.30. The van der Waals surface area contributed by atoms with Gasteiger partial charge in [0, 0.05) is 12.1 Å². The van der Waals surface area contributed by atoms with Gasteiger partial charge in [0.15, 0.2) is 0 Å². The summed E-state index contributed by atoms with van der Waals surface area (Å²) in [6, 6.07) is 6.99. The van der Waals surface area contributed by atoms with Crippen molar-refractivity contribution in [1.82, 2.24) is 4.31 Å². The molecule has 0 fully saturated rings. The van der Waals surface area contributed by atoms with Crippen molar-refractivity contribution < 1.29 is 13.5 Å². The maximum Gasteiger partial charge on any atom is 0.219 e. The molecule has 0 heterocycles. The van der Waals surface area contributed by atoms with E-state index in [9.17, 15) is 8.42 Å². The molecule has 112 valence electrons. The molecule has 1 aromatic carbocycles. The third-order valence-electron chi connectivity index (χ3n) is 2.90. The van der Waals surface area contributed by atoms with E-state index in [1.54, 1.807) is 30.3 Å². The second kappa shape index (κ2) is 6.52. The summed E-state index contributed by atoms with van der Waals surface area (Å²) < 4.78 is 26.5. The summed E-state index contributed by atoms with van der Waals surface area (Å²) in [6.07, 6.45) is 1.59. The van der Waals surface area contributed by atoms with E-state index in [1.165, 1.54) is 4.31 Å². The fourth-order valence-electron chi connectivity index (χ4n) is 2.03. The maximum atomic E-state index is 12.6. The van der Waals surface area contributed by atoms with Gasteiger partial charge in [-0.15, -0.1) is 6.58 Å². The van der Waals surface area contributed by atoms with Gasteiger partial charge < -0.3 is 5.11 Å². The molecule has 1 N–H and O–H groups in total. The van der Waals surface area contributed by atoms with Gasteiger partial charge in [0.05, 0.1) is 12.4 Å². The van der Waals surface area contributed by atoms with Crippen LogP contribution in [0, 0.1) is 0 Å². The minimum absolute atomic E-state index is 0.0774. The molecule has 1 aromatic rings. The first kappa shape index (κ1) is 16.9. The largest absolute Gasteiger partial charge is 0.392 e. The highest BCUT2D eigenvalue weighted by Crippen LogP contribution is 2.21. The Bertz CT molecular complexity index is 559. The van der Waals surface area contributed by atoms with Crippen LogP contribution in [0.3, 0.4) is 0 Å². The van der Waals surface area contributed by atoms with Crippen molar-refractivity contribution >= 4 is 10.0 Å². The molecule has 20 heavy (non-hydrogen) atoms. The molecule has 0 radical (unpaired) electrons. The molecule has 0 bridgehead atoms. The van der Waals surface area contributed by atoms with Crippen molar-refractivity contribution in [2.45, 2.75) is 38.7 Å². The van der Waals surface area contributed by atoms with E-state index in [4.69, 9.17) is 5.11 Å². The predicted molar refractivity (Wildman–Crippen MR) is 81.6 cm³/mol. The molecule has 0 aliphatic rings. The molecule has 0 saturated heterocycles. The Morgan fingerprint density at radius 1 is 1.30 bits per heavy atom. The van der Waals surface area contributed by atoms with E-state index in [1.807, 2.05) is 20.8 Å². The van der Waals surface area contributed by atoms with Crippen LogP contribution in [0.1, 0.15) is 31.9 Å². The first-order valence-electron chi connectivity index (χ1n) is 6.51. The molecule has 0 spiro atoms. The maximum absolute atomic E-state index is 12.6. The van der Waals surface area contributed by atoms with Crippen LogP contribution in [0.2, 0.25) is 0 Å². The highest BCUT2D eigenvalue weighted by atomic mass is 32.2. The lowest BCUT2D eigenvalue weighted by Gasteiger charge is -2.33. The molecule has 0 aliphatic carbocycles. The number of hydrogen-bond donors (Lipinski definition) is 1. The van der Waals surface area contributed by atoms with Crippen molar-refractivity contribution in [1.29, 1.82) is 0 Å². The van der Waals surface area contributed by atoms with Crippen LogP contribution >= 0.6 is 0 Å². The normalized spacial score (nSPS) is 12.7. The van der Waals surface area contributed by atoms with Gasteiger partial charge in [-0.05, 0) is 31.9 Å². The number of hydrogen-bond acceptors (Lipinski definition) is 3. The van der Waals surface area contributed by atoms with Crippen molar-refractivity contribution in [2.24, 2.45) is 0 Å². The van der Waals surface area contributed by atoms with E-state index < -0.39 is 15.6 Å². The minimum Gasteiger partial charge on any atom is -0.392 e. The summed E-state index contributed by atoms with van der Waals surface area (Å²) >= 11 is 0. The van der Waals surface area contributed by atoms with Gasteiger partial charge in [0.2, 0.25) is 10.0 Å². The number of sulfonamides is 1. The zero-order chi connectivity index (χ0) is 15.4. The second-order valence-electron chi connectivity index (χ2n) is 5.72. The Balaban J connectivity index is 3.05. The third kappa shape index (κ3) is 4.44. The third-order valence-corrected chi connectivity index (χ3v) is 4.97. The number of rotatable bonds is 6. The lowest BCUT2D eigenvalue weighted by atomic mass is 10.1. The van der Waals surface area contributed by atoms with Crippen LogP contribution in [0.15, 0.2) is 36.9 Å². The molecule has 0 unspecified atom stereocenters. The van der Waals surface area contributed by atoms with E-state index in [0.29, 0.717) is 11.1 Å². The summed E-state index contributed by atoms with van der Waals surface area (Å²) in [6.45, 7) is 9.39. The van der Waals surface area contributed by atoms with Crippen molar-refractivity contribution in [3.8, 4) is 0 Å². The Labute approximate surface area is 121 Å². The fourth-order valence-corrected chi connectivity index (χ4v) is 3.95. The summed E-state index contributed by atoms with van der Waals surface area (Å²) in [5, 5.41) is 9.11. The molecule has 0 aliphatic heterocycles. The second-order valence-corrected chi connectivity index (χ2v) is 7.62. The topological polar surface area (TPSA) is 57.6 Å². The highest BCUT2D eigenvalue weighted by Gasteiger charge is 2.31. The standard InChI is InChI=1S/C15H23NO3S/c1-5-9-16(15(2,3)4)20(18,19)12-14-8-6-7-13(10-14)11-17/h5-8,10,17H,1,9,11-12H2,2-4H3. The molecule has 5 heteroatoms. The highest BCUT2D eigenvalue weighted by molar-refractivity contribution is 7.88. The van der Waals surface area contributed by atoms with Crippen LogP contribution in [0.5, 0.6) is 0 Å². The SMILES string of the molecule is C=CCN(C(C)(C)C)S(=O)(=O)Cc1cccc(CO)c1. The molecule has 0 atom stereocenters. The number of nitrogens with zero attached hydrogens (tertiary/aromatic N) is 1. The van der Waals surface area contributed by atoms with Crippen LogP contribution < -0.4 is 0 Å². The van der Waals surface area contributed by atoms with Crippen molar-refractivity contribution in [3.05, 3.63) is 48.0 Å². The summed E-state index contributed by atoms with van der Waals surface area (Å²) in [4.78, 5) is 0. The summed E-state index contributed by atoms with van der Waals surface area (Å²) in [5.74, 6) is -0.0774.